The van der Waals surface area contributed by atoms with Crippen molar-refractivity contribution in [2.75, 3.05) is 6.54 Å². The largest absolute Gasteiger partial charge is 0.328 e. The van der Waals surface area contributed by atoms with E-state index < -0.39 is 0 Å². The van der Waals surface area contributed by atoms with Crippen molar-refractivity contribution >= 4 is 11.3 Å². The van der Waals surface area contributed by atoms with Gasteiger partial charge in [0.1, 0.15) is 0 Å². The summed E-state index contributed by atoms with van der Waals surface area (Å²) in [4.78, 5) is 4.11. The Morgan fingerprint density at radius 1 is 1.47 bits per heavy atom. The fourth-order valence-electron chi connectivity index (χ4n) is 2.28. The maximum atomic E-state index is 6.10. The normalized spacial score (nSPS) is 17.6. The number of hydrogen-bond donors (Lipinski definition) is 1. The van der Waals surface area contributed by atoms with Gasteiger partial charge < -0.3 is 5.73 Å². The quantitative estimate of drug-likeness (QED) is 0.769. The molecule has 0 spiro atoms. The first-order valence-corrected chi connectivity index (χ1v) is 7.69. The van der Waals surface area contributed by atoms with Crippen LogP contribution in [-0.2, 0) is 6.54 Å². The predicted octanol–water partition coefficient (Wildman–Crippen LogP) is 3.23. The molecule has 1 fully saturated rings. The Balaban J connectivity index is 1.77. The third-order valence-electron chi connectivity index (χ3n) is 3.45. The molecule has 1 heterocycles. The fraction of sp³-hybridized carbons (Fsp3) is 0.714. The Morgan fingerprint density at radius 2 is 2.29 bits per heavy atom. The Bertz CT molecular complexity index is 306. The highest BCUT2D eigenvalue weighted by Crippen LogP contribution is 2.29. The first-order valence-electron chi connectivity index (χ1n) is 6.81. The van der Waals surface area contributed by atoms with Crippen molar-refractivity contribution in [3.63, 3.8) is 0 Å². The lowest BCUT2D eigenvalue weighted by Gasteiger charge is -2.23. The molecule has 0 bridgehead atoms. The minimum Gasteiger partial charge on any atom is -0.328 e. The molecule has 3 heteroatoms. The zero-order valence-corrected chi connectivity index (χ0v) is 11.6. The van der Waals surface area contributed by atoms with Crippen LogP contribution in [0, 0.1) is 0 Å². The van der Waals surface area contributed by atoms with Crippen LogP contribution in [0.2, 0.25) is 0 Å². The topological polar surface area (TPSA) is 29.3 Å². The number of nitrogens with two attached hydrogens (primary N) is 1. The molecule has 1 aliphatic carbocycles. The third kappa shape index (κ3) is 4.41. The standard InChI is InChI=1S/C14H24N2S/c1-2-4-12(15)8-9-16(13-6-7-13)11-14-5-3-10-17-14/h3,5,10,12-13H,2,4,6-9,11,15H2,1H3. The summed E-state index contributed by atoms with van der Waals surface area (Å²) in [6.45, 7) is 4.51. The molecule has 2 nitrogen and oxygen atoms in total. The Labute approximate surface area is 109 Å². The van der Waals surface area contributed by atoms with Crippen molar-refractivity contribution in [3.8, 4) is 0 Å². The molecule has 96 valence electrons. The van der Waals surface area contributed by atoms with Crippen LogP contribution in [0.4, 0.5) is 0 Å². The molecule has 1 atom stereocenters. The van der Waals surface area contributed by atoms with E-state index >= 15 is 0 Å². The summed E-state index contributed by atoms with van der Waals surface area (Å²) >= 11 is 1.87. The van der Waals surface area contributed by atoms with Gasteiger partial charge in [0.2, 0.25) is 0 Å². The van der Waals surface area contributed by atoms with Crippen molar-refractivity contribution in [2.24, 2.45) is 5.73 Å². The zero-order valence-electron chi connectivity index (χ0n) is 10.8. The van der Waals surface area contributed by atoms with Crippen LogP contribution in [0.1, 0.15) is 43.9 Å². The van der Waals surface area contributed by atoms with E-state index in [4.69, 9.17) is 5.73 Å². The van der Waals surface area contributed by atoms with Gasteiger partial charge in [-0.2, -0.15) is 0 Å². The maximum Gasteiger partial charge on any atom is 0.0330 e. The minimum absolute atomic E-state index is 0.393. The summed E-state index contributed by atoms with van der Waals surface area (Å²) in [6, 6.07) is 5.62. The SMILES string of the molecule is CCCC(N)CCN(Cc1cccs1)C1CC1. The van der Waals surface area contributed by atoms with E-state index in [0.717, 1.165) is 25.4 Å². The van der Waals surface area contributed by atoms with Gasteiger partial charge in [0.15, 0.2) is 0 Å². The van der Waals surface area contributed by atoms with Gasteiger partial charge in [0, 0.05) is 30.1 Å². The molecule has 0 aromatic carbocycles. The van der Waals surface area contributed by atoms with Crippen molar-refractivity contribution in [1.82, 2.24) is 4.90 Å². The summed E-state index contributed by atoms with van der Waals surface area (Å²) in [5, 5.41) is 2.17. The van der Waals surface area contributed by atoms with Crippen LogP contribution in [-0.4, -0.2) is 23.5 Å². The monoisotopic (exact) mass is 252 g/mol. The van der Waals surface area contributed by atoms with Crippen molar-refractivity contribution < 1.29 is 0 Å². The highest BCUT2D eigenvalue weighted by Gasteiger charge is 2.28. The lowest BCUT2D eigenvalue weighted by atomic mass is 10.1. The van der Waals surface area contributed by atoms with E-state index in [1.807, 2.05) is 11.3 Å². The van der Waals surface area contributed by atoms with Gasteiger partial charge in [0.25, 0.3) is 0 Å². The molecule has 1 saturated carbocycles. The van der Waals surface area contributed by atoms with Crippen LogP contribution in [0.3, 0.4) is 0 Å². The maximum absolute atomic E-state index is 6.10. The average molecular weight is 252 g/mol. The van der Waals surface area contributed by atoms with Gasteiger partial charge in [0.05, 0.1) is 0 Å². The lowest BCUT2D eigenvalue weighted by molar-refractivity contribution is 0.245. The highest BCUT2D eigenvalue weighted by molar-refractivity contribution is 7.09. The van der Waals surface area contributed by atoms with Crippen LogP contribution in [0.25, 0.3) is 0 Å². The van der Waals surface area contributed by atoms with Crippen LogP contribution >= 0.6 is 11.3 Å². The Morgan fingerprint density at radius 3 is 2.88 bits per heavy atom. The summed E-state index contributed by atoms with van der Waals surface area (Å²) < 4.78 is 0. The van der Waals surface area contributed by atoms with Gasteiger partial charge in [-0.3, -0.25) is 4.90 Å². The first kappa shape index (κ1) is 13.1. The molecule has 1 aromatic heterocycles. The van der Waals surface area contributed by atoms with Gasteiger partial charge in [-0.05, 0) is 37.1 Å². The van der Waals surface area contributed by atoms with E-state index in [1.54, 1.807) is 0 Å². The number of rotatable bonds is 8. The zero-order chi connectivity index (χ0) is 12.1. The Kier molecular flexibility index (Phi) is 5.01. The Hall–Kier alpha value is -0.380. The van der Waals surface area contributed by atoms with Crippen LogP contribution < -0.4 is 5.73 Å². The van der Waals surface area contributed by atoms with Crippen molar-refractivity contribution in [1.29, 1.82) is 0 Å². The molecular weight excluding hydrogens is 228 g/mol. The molecule has 0 saturated heterocycles. The molecule has 0 amide bonds. The average Bonchev–Trinajstić information content (AvgIpc) is 3.03. The minimum atomic E-state index is 0.393. The second kappa shape index (κ2) is 6.53. The molecule has 17 heavy (non-hydrogen) atoms. The molecular formula is C14H24N2S. The summed E-state index contributed by atoms with van der Waals surface area (Å²) in [5.41, 5.74) is 6.10. The summed E-state index contributed by atoms with van der Waals surface area (Å²) in [7, 11) is 0. The van der Waals surface area contributed by atoms with Gasteiger partial charge in [-0.15, -0.1) is 11.3 Å². The predicted molar refractivity (Wildman–Crippen MR) is 75.3 cm³/mol. The fourth-order valence-corrected chi connectivity index (χ4v) is 3.01. The van der Waals surface area contributed by atoms with Crippen LogP contribution in [0.5, 0.6) is 0 Å². The number of nitrogens with zero attached hydrogens (tertiary/aromatic N) is 1. The number of thiophene rings is 1. The van der Waals surface area contributed by atoms with Gasteiger partial charge in [-0.1, -0.05) is 19.4 Å². The molecule has 1 aliphatic rings. The van der Waals surface area contributed by atoms with Crippen LogP contribution in [0.15, 0.2) is 17.5 Å². The first-order chi connectivity index (χ1) is 8.29. The van der Waals surface area contributed by atoms with E-state index in [1.165, 1.54) is 30.7 Å². The lowest BCUT2D eigenvalue weighted by Crippen LogP contribution is -2.31. The van der Waals surface area contributed by atoms with Crippen molar-refractivity contribution in [3.05, 3.63) is 22.4 Å². The second-order valence-corrected chi connectivity index (χ2v) is 6.15. The highest BCUT2D eigenvalue weighted by atomic mass is 32.1. The summed E-state index contributed by atoms with van der Waals surface area (Å²) in [6.07, 6.45) is 6.28. The van der Waals surface area contributed by atoms with E-state index in [-0.39, 0.29) is 0 Å². The van der Waals surface area contributed by atoms with E-state index in [2.05, 4.69) is 29.3 Å². The molecule has 2 N–H and O–H groups in total. The van der Waals surface area contributed by atoms with E-state index in [9.17, 15) is 0 Å². The van der Waals surface area contributed by atoms with Gasteiger partial charge >= 0.3 is 0 Å². The molecule has 0 radical (unpaired) electrons. The molecule has 2 rings (SSSR count). The number of hydrogen-bond acceptors (Lipinski definition) is 3. The molecule has 1 aromatic rings. The third-order valence-corrected chi connectivity index (χ3v) is 4.31. The molecule has 0 aliphatic heterocycles. The summed E-state index contributed by atoms with van der Waals surface area (Å²) in [5.74, 6) is 0. The van der Waals surface area contributed by atoms with Gasteiger partial charge in [-0.25, -0.2) is 0 Å². The smallest absolute Gasteiger partial charge is 0.0330 e. The second-order valence-electron chi connectivity index (χ2n) is 5.12. The molecule has 1 unspecified atom stereocenters. The van der Waals surface area contributed by atoms with Crippen molar-refractivity contribution in [2.45, 2.75) is 57.7 Å². The van der Waals surface area contributed by atoms with E-state index in [0.29, 0.717) is 6.04 Å².